The Morgan fingerprint density at radius 1 is 0.465 bits per heavy atom. The first-order chi connectivity index (χ1) is 54.3. The minimum atomic E-state index is -1.05. The molecule has 0 radical (unpaired) electrons. The molecule has 4 atom stereocenters. The maximum Gasteiger partial charge on any atom is 0.310 e. The van der Waals surface area contributed by atoms with E-state index in [2.05, 4.69) is 135 Å². The van der Waals surface area contributed by atoms with Gasteiger partial charge in [-0.1, -0.05) is 91.5 Å². The van der Waals surface area contributed by atoms with Crippen LogP contribution < -0.4 is 10.6 Å². The van der Waals surface area contributed by atoms with Crippen molar-refractivity contribution in [1.29, 1.82) is 0 Å². The Kier molecular flexibility index (Phi) is 29.5. The van der Waals surface area contributed by atoms with E-state index in [0.29, 0.717) is 63.6 Å². The Labute approximate surface area is 667 Å². The van der Waals surface area contributed by atoms with Crippen LogP contribution in [0.5, 0.6) is 0 Å². The standard InChI is InChI=1S/C47H61N5O7.C43H53N5O7/c1-12-14-15-16-17-31-27(4)34-23-36-28(5)32(18-19-40(53)57-10)44(51-36)33(22-42(55)58-11)45-43(46(56)48-21-20-41(54)59-47(7,8)9)29(6)37(52-45)25-38-30(13-2)26(3)35(49-38)24-39(31)50-34;1-9-11-12-13-14-28-24(4)31-20-33-25(5)29(15-16-38(51)54-7)41(47-33)30(19-39(52)55-8)42-40(43(53)44-18-17-37(49)50)26(6)34(48-42)22-35-27(10-2)23(3)32(45-35)21-36(28)46-31/h16-17,23-25,28,32,49-50H,12-15,18-22H2,1-11H3,(H,48,56);13-14,20-22,25,29,45-46H,9-12,15-19H2,1-8H3,(H,44,53)(H,49,50)/b17-16+,34-23?,35-24?,36-23?,37-25?,38-25?,39-24?,44-33?,45-33?;14-13+,31-20?,32-21?,33-20?,34-22?,35-22?,36-21?,41-30?,42-30?/t28-,32-;25-,29-/m00/s1. The fraction of sp³-hybridized carbons (Fsp3) is 0.467. The van der Waals surface area contributed by atoms with Gasteiger partial charge in [-0.25, -0.2) is 9.97 Å². The molecule has 4 aliphatic rings. The zero-order valence-electron chi connectivity index (χ0n) is 69.9. The molecule has 6 aromatic heterocycles. The molecule has 0 spiro atoms. The molecule has 4 aliphatic heterocycles. The summed E-state index contributed by atoms with van der Waals surface area (Å²) in [5, 5.41) is 14.9. The average Bonchev–Trinajstić information content (AvgIpc) is 1.60. The van der Waals surface area contributed by atoms with Crippen molar-refractivity contribution in [3.63, 3.8) is 0 Å². The maximum atomic E-state index is 14.4. The molecule has 6 aromatic rings. The number of esters is 5. The van der Waals surface area contributed by atoms with E-state index in [9.17, 15) is 43.5 Å². The van der Waals surface area contributed by atoms with Crippen molar-refractivity contribution in [2.45, 2.75) is 236 Å². The minimum Gasteiger partial charge on any atom is -0.481 e. The first-order valence-corrected chi connectivity index (χ1v) is 39.9. The molecule has 2 amide bonds. The Balaban J connectivity index is 0.000000262. The predicted octanol–water partition coefficient (Wildman–Crippen LogP) is 16.8. The molecule has 114 heavy (non-hydrogen) atoms. The van der Waals surface area contributed by atoms with Crippen molar-refractivity contribution in [2.24, 2.45) is 0 Å². The van der Waals surface area contributed by atoms with Gasteiger partial charge in [0.2, 0.25) is 0 Å². The van der Waals surface area contributed by atoms with Crippen LogP contribution in [-0.2, 0) is 87.7 Å². The van der Waals surface area contributed by atoms with Gasteiger partial charge in [-0.15, -0.1) is 0 Å². The fourth-order valence-corrected chi connectivity index (χ4v) is 15.5. The number of carboxylic acid groups (broad SMARTS) is 1. The number of aryl methyl sites for hydroxylation is 6. The Morgan fingerprint density at radius 3 is 1.20 bits per heavy atom. The third-order valence-electron chi connectivity index (χ3n) is 22.1. The number of aromatic nitrogens is 8. The summed E-state index contributed by atoms with van der Waals surface area (Å²) in [6, 6.07) is 12.3. The minimum absolute atomic E-state index is 0.0257. The second kappa shape index (κ2) is 38.7. The molecule has 0 aromatic carbocycles. The number of nitrogens with zero attached hydrogens (tertiary/aromatic N) is 4. The number of hydrogen-bond donors (Lipinski definition) is 7. The van der Waals surface area contributed by atoms with Crippen LogP contribution in [-0.4, -0.2) is 140 Å². The van der Waals surface area contributed by atoms with Crippen LogP contribution >= 0.6 is 0 Å². The van der Waals surface area contributed by atoms with Crippen molar-refractivity contribution in [3.05, 3.63) is 150 Å². The van der Waals surface area contributed by atoms with E-state index in [1.807, 2.05) is 32.0 Å². The lowest BCUT2D eigenvalue weighted by Gasteiger charge is -2.19. The highest BCUT2D eigenvalue weighted by atomic mass is 16.6. The number of H-pyrrole nitrogens is 4. The summed E-state index contributed by atoms with van der Waals surface area (Å²) in [7, 11) is 5.33. The summed E-state index contributed by atoms with van der Waals surface area (Å²) in [6.07, 6.45) is 16.9. The molecule has 24 nitrogen and oxygen atoms in total. The van der Waals surface area contributed by atoms with E-state index in [0.717, 1.165) is 151 Å². The number of hydrogen-bond acceptors (Lipinski definition) is 17. The number of amides is 2. The zero-order valence-corrected chi connectivity index (χ0v) is 69.9. The SMILES string of the molecule is CCCC/C=C/c1c(C)c2cc3nc(c(CC(=O)OC)c4nc(cc5[nH]c(cc1[nH]2)c(C)c5CC)C(C)=C4C(=O)NCCC(=O)O)[C@@H](CCC(=O)OC)[C@@H]3C.CCCC/C=C/c1c(C)c2cc3nc(c(CC(=O)OC)c4nc(cc5[nH]c(cc1[nH]2)c(C)c5CC)C(C)=C4C(=O)NCCC(=O)OC(C)(C)C)[C@@H](CCC(=O)OC)[C@@H]3C. The van der Waals surface area contributed by atoms with E-state index in [1.54, 1.807) is 27.7 Å². The van der Waals surface area contributed by atoms with Gasteiger partial charge in [0.25, 0.3) is 11.8 Å². The van der Waals surface area contributed by atoms with E-state index < -0.39 is 41.3 Å². The molecule has 24 heteroatoms. The molecular formula is C90H114N10O14. The van der Waals surface area contributed by atoms with Crippen LogP contribution in [0.1, 0.15) is 278 Å². The van der Waals surface area contributed by atoms with Gasteiger partial charge in [0, 0.05) is 127 Å². The van der Waals surface area contributed by atoms with Crippen molar-refractivity contribution >= 4 is 126 Å². The number of aliphatic carboxylic acids is 1. The number of aromatic amines is 4. The maximum absolute atomic E-state index is 14.4. The Hall–Kier alpha value is -11.0. The Morgan fingerprint density at radius 2 is 0.842 bits per heavy atom. The van der Waals surface area contributed by atoms with Gasteiger partial charge in [-0.3, -0.25) is 48.3 Å². The zero-order chi connectivity index (χ0) is 83.2. The number of rotatable bonds is 28. The summed E-state index contributed by atoms with van der Waals surface area (Å²) in [6.45, 7) is 30.0. The number of unbranched alkanes of at least 4 members (excludes halogenated alkanes) is 4. The van der Waals surface area contributed by atoms with Crippen LogP contribution in [0.15, 0.2) is 48.6 Å². The molecule has 16 bridgehead atoms. The van der Waals surface area contributed by atoms with Crippen LogP contribution in [0.25, 0.3) is 78.6 Å². The summed E-state index contributed by atoms with van der Waals surface area (Å²) in [4.78, 5) is 139. The number of carbonyl (C=O) groups is 8. The molecular weight excluding hydrogens is 1450 g/mol. The van der Waals surface area contributed by atoms with Crippen molar-refractivity contribution in [1.82, 2.24) is 50.5 Å². The summed E-state index contributed by atoms with van der Waals surface area (Å²) >= 11 is 0. The van der Waals surface area contributed by atoms with Gasteiger partial charge in [0.1, 0.15) is 5.60 Å². The Bertz CT molecular complexity index is 5200. The highest BCUT2D eigenvalue weighted by molar-refractivity contribution is 6.28. The smallest absolute Gasteiger partial charge is 0.310 e. The van der Waals surface area contributed by atoms with Gasteiger partial charge < -0.3 is 59.4 Å². The average molecular weight is 1560 g/mol. The summed E-state index contributed by atoms with van der Waals surface area (Å²) in [5.74, 6) is -5.35. The second-order valence-electron chi connectivity index (χ2n) is 30.8. The number of fused-ring (bicyclic) bond motifs is 16. The second-order valence-corrected chi connectivity index (χ2v) is 30.8. The number of methoxy groups -OCH3 is 4. The van der Waals surface area contributed by atoms with E-state index in [-0.39, 0.29) is 104 Å². The number of carbonyl (C=O) groups excluding carboxylic acids is 7. The molecule has 0 fully saturated rings. The lowest BCUT2D eigenvalue weighted by atomic mass is 9.84. The highest BCUT2D eigenvalue weighted by Gasteiger charge is 2.39. The van der Waals surface area contributed by atoms with E-state index in [4.69, 9.17) is 43.6 Å². The summed E-state index contributed by atoms with van der Waals surface area (Å²) < 4.78 is 25.9. The van der Waals surface area contributed by atoms with Gasteiger partial charge in [0.15, 0.2) is 0 Å². The van der Waals surface area contributed by atoms with Crippen LogP contribution in [0.4, 0.5) is 0 Å². The number of nitrogens with one attached hydrogen (secondary N) is 6. The van der Waals surface area contributed by atoms with Crippen LogP contribution in [0.2, 0.25) is 0 Å². The normalized spacial score (nSPS) is 15.4. The van der Waals surface area contributed by atoms with E-state index >= 15 is 0 Å². The van der Waals surface area contributed by atoms with Gasteiger partial charge in [-0.05, 0) is 182 Å². The highest BCUT2D eigenvalue weighted by Crippen LogP contribution is 2.47. The van der Waals surface area contributed by atoms with Gasteiger partial charge in [0.05, 0.1) is 99.4 Å². The van der Waals surface area contributed by atoms with Crippen molar-refractivity contribution in [3.8, 4) is 0 Å². The molecule has 10 rings (SSSR count). The van der Waals surface area contributed by atoms with Gasteiger partial charge >= 0.3 is 35.8 Å². The monoisotopic (exact) mass is 1560 g/mol. The molecule has 0 saturated heterocycles. The molecule has 0 saturated carbocycles. The number of carboxylic acids is 1. The predicted molar refractivity (Wildman–Crippen MR) is 447 cm³/mol. The topological polar surface area (TPSA) is 342 Å². The fourth-order valence-electron chi connectivity index (χ4n) is 15.5. The molecule has 0 unspecified atom stereocenters. The molecule has 608 valence electrons. The first-order valence-electron chi connectivity index (χ1n) is 39.9. The summed E-state index contributed by atoms with van der Waals surface area (Å²) in [5.41, 5.74) is 22.0. The quantitative estimate of drug-likeness (QED) is 0.0136. The van der Waals surface area contributed by atoms with E-state index in [1.165, 1.54) is 28.4 Å². The molecule has 10 heterocycles. The molecule has 7 N–H and O–H groups in total. The lowest BCUT2D eigenvalue weighted by Crippen LogP contribution is -2.30. The van der Waals surface area contributed by atoms with Crippen LogP contribution in [0, 0.1) is 27.7 Å². The van der Waals surface area contributed by atoms with Crippen LogP contribution in [0.3, 0.4) is 0 Å². The largest absolute Gasteiger partial charge is 0.481 e. The third kappa shape index (κ3) is 20.1. The molecule has 0 aliphatic carbocycles. The number of allylic oxidation sites excluding steroid dienone is 4. The van der Waals surface area contributed by atoms with Crippen molar-refractivity contribution in [2.75, 3.05) is 41.5 Å². The van der Waals surface area contributed by atoms with Gasteiger partial charge in [-0.2, -0.15) is 0 Å². The lowest BCUT2D eigenvalue weighted by molar-refractivity contribution is -0.154. The van der Waals surface area contributed by atoms with Crippen molar-refractivity contribution < 1.29 is 67.1 Å². The first kappa shape index (κ1) is 86.9. The third-order valence-corrected chi connectivity index (χ3v) is 22.1. The number of ether oxygens (including phenoxy) is 5.